The van der Waals surface area contributed by atoms with Crippen LogP contribution in [0.3, 0.4) is 0 Å². The van der Waals surface area contributed by atoms with Crippen molar-refractivity contribution in [1.82, 2.24) is 25.0 Å². The molecule has 138 valence electrons. The zero-order chi connectivity index (χ0) is 18.6. The Morgan fingerprint density at radius 3 is 2.78 bits per heavy atom. The van der Waals surface area contributed by atoms with Crippen LogP contribution in [0.1, 0.15) is 12.3 Å². The van der Waals surface area contributed by atoms with Crippen molar-refractivity contribution in [1.29, 1.82) is 0 Å². The molecule has 3 heterocycles. The van der Waals surface area contributed by atoms with Crippen molar-refractivity contribution in [3.05, 3.63) is 53.6 Å². The Hall–Kier alpha value is -2.78. The summed E-state index contributed by atoms with van der Waals surface area (Å²) in [6.45, 7) is 0. The number of benzene rings is 1. The summed E-state index contributed by atoms with van der Waals surface area (Å²) in [5.74, 6) is 9.03. The Kier molecular flexibility index (Phi) is 5.12. The van der Waals surface area contributed by atoms with E-state index < -0.39 is 0 Å². The summed E-state index contributed by atoms with van der Waals surface area (Å²) in [5.41, 5.74) is 0.866. The lowest BCUT2D eigenvalue weighted by Gasteiger charge is -2.01. The van der Waals surface area contributed by atoms with Gasteiger partial charge < -0.3 is 14.8 Å². The van der Waals surface area contributed by atoms with Crippen LogP contribution in [0, 0.1) is 0 Å². The average molecular weight is 403 g/mol. The number of furan rings is 1. The first kappa shape index (κ1) is 17.6. The molecule has 0 radical (unpaired) electrons. The average Bonchev–Trinajstić information content (AvgIpc) is 3.41. The van der Waals surface area contributed by atoms with E-state index in [1.807, 2.05) is 12.1 Å². The molecule has 1 aromatic carbocycles. The predicted molar refractivity (Wildman–Crippen MR) is 102 cm³/mol. The fourth-order valence-electron chi connectivity index (χ4n) is 2.41. The van der Waals surface area contributed by atoms with Gasteiger partial charge in [0.25, 0.3) is 0 Å². The molecule has 3 aromatic heterocycles. The Balaban J connectivity index is 1.30. The molecule has 0 spiro atoms. The summed E-state index contributed by atoms with van der Waals surface area (Å²) >= 11 is 7.40. The highest BCUT2D eigenvalue weighted by atomic mass is 35.5. The lowest BCUT2D eigenvalue weighted by Crippen LogP contribution is -2.11. The minimum Gasteiger partial charge on any atom is -0.461 e. The molecule has 0 bridgehead atoms. The highest BCUT2D eigenvalue weighted by Gasteiger charge is 2.14. The number of hydrogen-bond acceptors (Lipinski definition) is 8. The Bertz CT molecular complexity index is 1010. The summed E-state index contributed by atoms with van der Waals surface area (Å²) in [5, 5.41) is 13.5. The molecule has 0 atom stereocenters. The van der Waals surface area contributed by atoms with Gasteiger partial charge in [0.2, 0.25) is 22.7 Å². The van der Waals surface area contributed by atoms with Crippen LogP contribution < -0.4 is 5.84 Å². The molecule has 2 N–H and O–H groups in total. The van der Waals surface area contributed by atoms with Crippen LogP contribution in [0.4, 0.5) is 0 Å². The van der Waals surface area contributed by atoms with Gasteiger partial charge in [-0.1, -0.05) is 28.5 Å². The van der Waals surface area contributed by atoms with Crippen LogP contribution >= 0.6 is 23.4 Å². The molecule has 0 amide bonds. The van der Waals surface area contributed by atoms with Gasteiger partial charge in [-0.25, -0.2) is 4.68 Å². The fraction of sp³-hybridized carbons (Fsp3) is 0.176. The molecule has 0 aliphatic rings. The van der Waals surface area contributed by atoms with E-state index in [9.17, 15) is 0 Å². The second-order valence-corrected chi connectivity index (χ2v) is 7.12. The predicted octanol–water partition coefficient (Wildman–Crippen LogP) is 3.68. The smallest absolute Gasteiger partial charge is 0.226 e. The van der Waals surface area contributed by atoms with Crippen molar-refractivity contribution in [3.8, 4) is 23.0 Å². The van der Waals surface area contributed by atoms with E-state index in [1.165, 1.54) is 16.4 Å². The van der Waals surface area contributed by atoms with Gasteiger partial charge in [-0.3, -0.25) is 0 Å². The molecule has 0 saturated heterocycles. The molecule has 0 fully saturated rings. The molecule has 0 aliphatic carbocycles. The highest BCUT2D eigenvalue weighted by molar-refractivity contribution is 7.99. The molecular formula is C17H15ClN6O2S. The van der Waals surface area contributed by atoms with Crippen molar-refractivity contribution < 1.29 is 8.94 Å². The Morgan fingerprint density at radius 2 is 2.00 bits per heavy atom. The molecule has 0 unspecified atom stereocenters. The normalized spacial score (nSPS) is 11.1. The maximum atomic E-state index is 6.03. The zero-order valence-corrected chi connectivity index (χ0v) is 15.7. The lowest BCUT2D eigenvalue weighted by atomic mass is 10.2. The van der Waals surface area contributed by atoms with Crippen molar-refractivity contribution >= 4 is 23.4 Å². The molecule has 10 heteroatoms. The number of aromatic nitrogens is 5. The molecule has 27 heavy (non-hydrogen) atoms. The van der Waals surface area contributed by atoms with E-state index >= 15 is 0 Å². The lowest BCUT2D eigenvalue weighted by molar-refractivity contribution is 0.378. The largest absolute Gasteiger partial charge is 0.461 e. The summed E-state index contributed by atoms with van der Waals surface area (Å²) in [7, 11) is 0. The van der Waals surface area contributed by atoms with Gasteiger partial charge in [-0.2, -0.15) is 4.98 Å². The molecule has 4 rings (SSSR count). The first-order valence-electron chi connectivity index (χ1n) is 8.16. The number of aryl methyl sites for hydroxylation is 1. The van der Waals surface area contributed by atoms with Crippen LogP contribution in [0.25, 0.3) is 23.0 Å². The fourth-order valence-corrected chi connectivity index (χ4v) is 3.33. The van der Waals surface area contributed by atoms with Gasteiger partial charge in [0.1, 0.15) is 0 Å². The van der Waals surface area contributed by atoms with E-state index in [0.717, 1.165) is 17.7 Å². The molecule has 0 aliphatic heterocycles. The monoisotopic (exact) mass is 402 g/mol. The number of hydrogen-bond donors (Lipinski definition) is 1. The SMILES string of the molecule is Nn1c(SCCCc2nc(-c3ccc(Cl)cc3)no2)nnc1-c1ccco1. The maximum absolute atomic E-state index is 6.03. The van der Waals surface area contributed by atoms with E-state index in [-0.39, 0.29) is 0 Å². The van der Waals surface area contributed by atoms with Crippen LogP contribution in [-0.4, -0.2) is 30.8 Å². The number of rotatable bonds is 7. The second kappa shape index (κ2) is 7.85. The number of halogens is 1. The van der Waals surface area contributed by atoms with Crippen molar-refractivity contribution in [3.63, 3.8) is 0 Å². The van der Waals surface area contributed by atoms with E-state index in [0.29, 0.717) is 39.9 Å². The summed E-state index contributed by atoms with van der Waals surface area (Å²) in [6, 6.07) is 10.9. The Labute approximate surface area is 163 Å². The van der Waals surface area contributed by atoms with Gasteiger partial charge in [-0.05, 0) is 42.8 Å². The number of nitrogen functional groups attached to an aromatic ring is 1. The van der Waals surface area contributed by atoms with Crippen molar-refractivity contribution in [2.45, 2.75) is 18.0 Å². The Morgan fingerprint density at radius 1 is 1.15 bits per heavy atom. The minimum absolute atomic E-state index is 0.493. The summed E-state index contributed by atoms with van der Waals surface area (Å²) in [6.07, 6.45) is 3.06. The van der Waals surface area contributed by atoms with Gasteiger partial charge in [0.05, 0.1) is 6.26 Å². The number of nitrogens with zero attached hydrogens (tertiary/aromatic N) is 5. The third-order valence-corrected chi connectivity index (χ3v) is 5.02. The number of thioether (sulfide) groups is 1. The van der Waals surface area contributed by atoms with Crippen molar-refractivity contribution in [2.24, 2.45) is 0 Å². The van der Waals surface area contributed by atoms with Gasteiger partial charge in [0, 0.05) is 22.8 Å². The maximum Gasteiger partial charge on any atom is 0.226 e. The van der Waals surface area contributed by atoms with Crippen LogP contribution in [0.2, 0.25) is 5.02 Å². The first-order chi connectivity index (χ1) is 13.2. The quantitative estimate of drug-likeness (QED) is 0.283. The minimum atomic E-state index is 0.493. The highest BCUT2D eigenvalue weighted by Crippen LogP contribution is 2.23. The standard InChI is InChI=1S/C17H15ClN6O2S/c18-12-7-5-11(6-8-12)15-20-14(26-23-15)4-2-10-27-17-22-21-16(24(17)19)13-3-1-9-25-13/h1,3,5-9H,2,4,10,19H2. The summed E-state index contributed by atoms with van der Waals surface area (Å²) in [4.78, 5) is 4.41. The van der Waals surface area contributed by atoms with E-state index in [4.69, 9.17) is 26.4 Å². The topological polar surface area (TPSA) is 109 Å². The van der Waals surface area contributed by atoms with E-state index in [1.54, 1.807) is 30.5 Å². The third kappa shape index (κ3) is 3.99. The van der Waals surface area contributed by atoms with Gasteiger partial charge >= 0.3 is 0 Å². The molecule has 0 saturated carbocycles. The molecule has 8 nitrogen and oxygen atoms in total. The first-order valence-corrected chi connectivity index (χ1v) is 9.53. The molecular weight excluding hydrogens is 388 g/mol. The van der Waals surface area contributed by atoms with Crippen LogP contribution in [-0.2, 0) is 6.42 Å². The van der Waals surface area contributed by atoms with Crippen molar-refractivity contribution in [2.75, 3.05) is 11.6 Å². The van der Waals surface area contributed by atoms with E-state index in [2.05, 4.69) is 20.3 Å². The third-order valence-electron chi connectivity index (χ3n) is 3.74. The second-order valence-electron chi connectivity index (χ2n) is 5.62. The zero-order valence-electron chi connectivity index (χ0n) is 14.1. The van der Waals surface area contributed by atoms with Gasteiger partial charge in [0.15, 0.2) is 5.76 Å². The summed E-state index contributed by atoms with van der Waals surface area (Å²) < 4.78 is 12.0. The number of nitrogens with two attached hydrogens (primary N) is 1. The van der Waals surface area contributed by atoms with Crippen LogP contribution in [0.15, 0.2) is 56.8 Å². The van der Waals surface area contributed by atoms with Gasteiger partial charge in [-0.15, -0.1) is 10.2 Å². The van der Waals surface area contributed by atoms with Crippen LogP contribution in [0.5, 0.6) is 0 Å². The molecule has 4 aromatic rings.